The second-order valence-electron chi connectivity index (χ2n) is 12.7. The van der Waals surface area contributed by atoms with E-state index < -0.39 is 29.0 Å². The molecule has 4 aliphatic rings. The Hall–Kier alpha value is -1.78. The van der Waals surface area contributed by atoms with Crippen LogP contribution in [0.3, 0.4) is 0 Å². The zero-order valence-corrected chi connectivity index (χ0v) is 23.9. The first-order valence-corrected chi connectivity index (χ1v) is 13.9. The summed E-state index contributed by atoms with van der Waals surface area (Å²) in [5.74, 6) is -2.77. The zero-order chi connectivity index (χ0) is 27.2. The van der Waals surface area contributed by atoms with E-state index >= 15 is 0 Å². The first-order chi connectivity index (χ1) is 16.7. The molecular weight excluding hydrogens is 448 g/mol. The van der Waals surface area contributed by atoms with Crippen molar-refractivity contribution in [1.29, 1.82) is 0 Å². The van der Waals surface area contributed by atoms with Crippen LogP contribution < -0.4 is 0 Å². The first-order valence-electron chi connectivity index (χ1n) is 13.9. The summed E-state index contributed by atoms with van der Waals surface area (Å²) in [6, 6.07) is 0. The number of rotatable bonds is 9. The van der Waals surface area contributed by atoms with E-state index in [4.69, 9.17) is 0 Å². The molecule has 1 fully saturated rings. The van der Waals surface area contributed by atoms with Crippen LogP contribution in [0.1, 0.15) is 88.0 Å². The molecule has 0 radical (unpaired) electrons. The van der Waals surface area contributed by atoms with E-state index in [-0.39, 0.29) is 35.2 Å². The Morgan fingerprint density at radius 2 is 1.42 bits per heavy atom. The quantitative estimate of drug-likeness (QED) is 0.363. The van der Waals surface area contributed by atoms with Crippen molar-refractivity contribution in [2.75, 3.05) is 0 Å². The lowest BCUT2D eigenvalue weighted by Crippen LogP contribution is -2.72. The Labute approximate surface area is 218 Å². The van der Waals surface area contributed by atoms with Gasteiger partial charge in [-0.25, -0.2) is 0 Å². The van der Waals surface area contributed by atoms with Crippen molar-refractivity contribution in [3.63, 3.8) is 0 Å². The fourth-order valence-corrected chi connectivity index (χ4v) is 7.24. The molecule has 0 heterocycles. The van der Waals surface area contributed by atoms with Crippen molar-refractivity contribution < 1.29 is 19.8 Å². The SMILES string of the molecule is CC(C)=CCC[C@H](C)C1(O)C(=O)C2C(C)=CC1C1C2C(C(C)C)=CC(=O)[C@]1(O)[C@@H](C)CCC=C(C)C. The topological polar surface area (TPSA) is 74.6 Å². The lowest BCUT2D eigenvalue weighted by molar-refractivity contribution is -0.199. The number of hydrogen-bond donors (Lipinski definition) is 2. The van der Waals surface area contributed by atoms with Crippen molar-refractivity contribution >= 4 is 11.6 Å². The number of Topliss-reactive ketones (excluding diaryl/α,β-unsaturated/α-hetero) is 1. The second kappa shape index (κ2) is 10.5. The molecule has 4 heteroatoms. The average Bonchev–Trinajstić information content (AvgIpc) is 2.77. The molecule has 0 aromatic heterocycles. The summed E-state index contributed by atoms with van der Waals surface area (Å²) in [5.41, 5.74) is 1.13. The molecule has 2 N–H and O–H groups in total. The Balaban J connectivity index is 2.13. The molecule has 0 aliphatic heterocycles. The molecule has 0 aromatic carbocycles. The molecule has 0 saturated heterocycles. The standard InChI is InChI=1S/C32H48O4/c1-18(2)12-10-14-22(8)31(35)25-16-21(7)27(30(31)34)28-24(20(5)6)17-26(33)32(36,29(25)28)23(9)15-11-13-19(3)4/h12-13,16-17,20,22-23,25,27-29,35-36H,10-11,14-15H2,1-9H3/t22-,23-,25?,27?,28?,29?,31?,32+/m0/s1. The third-order valence-electron chi connectivity index (χ3n) is 9.31. The van der Waals surface area contributed by atoms with Crippen LogP contribution in [0.2, 0.25) is 0 Å². The highest BCUT2D eigenvalue weighted by atomic mass is 16.3. The highest BCUT2D eigenvalue weighted by molar-refractivity contribution is 6.02. The van der Waals surface area contributed by atoms with Gasteiger partial charge in [0, 0.05) is 23.7 Å². The van der Waals surface area contributed by atoms with Gasteiger partial charge in [-0.05, 0) is 84.1 Å². The van der Waals surface area contributed by atoms with Crippen LogP contribution in [0.25, 0.3) is 0 Å². The van der Waals surface area contributed by atoms with E-state index in [1.165, 1.54) is 11.1 Å². The largest absolute Gasteiger partial charge is 0.381 e. The maximum absolute atomic E-state index is 14.1. The molecule has 1 saturated carbocycles. The van der Waals surface area contributed by atoms with Gasteiger partial charge in [-0.2, -0.15) is 0 Å². The van der Waals surface area contributed by atoms with E-state index in [0.717, 1.165) is 24.0 Å². The van der Waals surface area contributed by atoms with Gasteiger partial charge in [0.25, 0.3) is 0 Å². The second-order valence-corrected chi connectivity index (χ2v) is 12.7. The molecule has 4 aliphatic carbocycles. The zero-order valence-electron chi connectivity index (χ0n) is 23.9. The number of fused-ring (bicyclic) bond motifs is 1. The number of aliphatic hydroxyl groups is 2. The molecule has 4 nitrogen and oxygen atoms in total. The predicted molar refractivity (Wildman–Crippen MR) is 146 cm³/mol. The summed E-state index contributed by atoms with van der Waals surface area (Å²) in [6.07, 6.45) is 10.9. The summed E-state index contributed by atoms with van der Waals surface area (Å²) < 4.78 is 0. The minimum atomic E-state index is -1.62. The number of carbonyl (C=O) groups is 2. The van der Waals surface area contributed by atoms with E-state index in [1.54, 1.807) is 6.08 Å². The van der Waals surface area contributed by atoms with Crippen LogP contribution in [0.4, 0.5) is 0 Å². The summed E-state index contributed by atoms with van der Waals surface area (Å²) in [4.78, 5) is 27.8. The molecule has 8 atom stereocenters. The normalized spacial score (nSPS) is 35.1. The van der Waals surface area contributed by atoms with Crippen molar-refractivity contribution in [3.05, 3.63) is 46.6 Å². The van der Waals surface area contributed by atoms with Crippen molar-refractivity contribution in [2.45, 2.75) is 99.2 Å². The van der Waals surface area contributed by atoms with Gasteiger partial charge >= 0.3 is 0 Å². The third-order valence-corrected chi connectivity index (χ3v) is 9.31. The van der Waals surface area contributed by atoms with Crippen LogP contribution in [0, 0.1) is 41.4 Å². The van der Waals surface area contributed by atoms with Gasteiger partial charge in [-0.3, -0.25) is 9.59 Å². The molecule has 36 heavy (non-hydrogen) atoms. The van der Waals surface area contributed by atoms with Gasteiger partial charge < -0.3 is 10.2 Å². The van der Waals surface area contributed by atoms with Crippen molar-refractivity contribution in [2.24, 2.45) is 41.4 Å². The Morgan fingerprint density at radius 3 is 1.89 bits per heavy atom. The molecule has 2 bridgehead atoms. The summed E-state index contributed by atoms with van der Waals surface area (Å²) in [7, 11) is 0. The fourth-order valence-electron chi connectivity index (χ4n) is 7.24. The van der Waals surface area contributed by atoms with Crippen LogP contribution >= 0.6 is 0 Å². The third kappa shape index (κ3) is 4.65. The van der Waals surface area contributed by atoms with Gasteiger partial charge in [0.1, 0.15) is 11.2 Å². The number of ketones is 2. The Kier molecular flexibility index (Phi) is 8.42. The molecule has 4 rings (SSSR count). The van der Waals surface area contributed by atoms with Crippen molar-refractivity contribution in [3.8, 4) is 0 Å². The molecule has 0 amide bonds. The van der Waals surface area contributed by atoms with Crippen molar-refractivity contribution in [1.82, 2.24) is 0 Å². The highest BCUT2D eigenvalue weighted by Gasteiger charge is 2.70. The van der Waals surface area contributed by atoms with Gasteiger partial charge in [0.15, 0.2) is 11.6 Å². The van der Waals surface area contributed by atoms with Gasteiger partial charge in [0.2, 0.25) is 0 Å². The van der Waals surface area contributed by atoms with Gasteiger partial charge in [0.05, 0.1) is 0 Å². The van der Waals surface area contributed by atoms with Gasteiger partial charge in [-0.15, -0.1) is 0 Å². The monoisotopic (exact) mass is 496 g/mol. The van der Waals surface area contributed by atoms with E-state index in [2.05, 4.69) is 39.8 Å². The first kappa shape index (κ1) is 28.8. The maximum atomic E-state index is 14.1. The highest BCUT2D eigenvalue weighted by Crippen LogP contribution is 2.62. The van der Waals surface area contributed by atoms with Crippen LogP contribution in [-0.2, 0) is 9.59 Å². The summed E-state index contributed by atoms with van der Waals surface area (Å²) in [6.45, 7) is 18.2. The smallest absolute Gasteiger partial charge is 0.187 e. The molecule has 5 unspecified atom stereocenters. The fraction of sp³-hybridized carbons (Fsp3) is 0.688. The minimum Gasteiger partial charge on any atom is -0.381 e. The molecular formula is C32H48O4. The number of hydrogen-bond acceptors (Lipinski definition) is 4. The average molecular weight is 497 g/mol. The minimum absolute atomic E-state index is 0.0788. The lowest BCUT2D eigenvalue weighted by Gasteiger charge is -2.62. The van der Waals surface area contributed by atoms with E-state index in [1.807, 2.05) is 40.7 Å². The summed E-state index contributed by atoms with van der Waals surface area (Å²) in [5, 5.41) is 24.6. The van der Waals surface area contributed by atoms with E-state index in [9.17, 15) is 19.8 Å². The predicted octanol–water partition coefficient (Wildman–Crippen LogP) is 6.39. The Bertz CT molecular complexity index is 1000. The van der Waals surface area contributed by atoms with Crippen LogP contribution in [0.5, 0.6) is 0 Å². The molecule has 0 aromatic rings. The lowest BCUT2D eigenvalue weighted by atomic mass is 9.42. The maximum Gasteiger partial charge on any atom is 0.187 e. The molecule has 200 valence electrons. The van der Waals surface area contributed by atoms with Crippen LogP contribution in [-0.4, -0.2) is 33.0 Å². The summed E-state index contributed by atoms with van der Waals surface area (Å²) >= 11 is 0. The molecule has 0 spiro atoms. The van der Waals surface area contributed by atoms with E-state index in [0.29, 0.717) is 12.8 Å². The Morgan fingerprint density at radius 1 is 0.917 bits per heavy atom. The van der Waals surface area contributed by atoms with Gasteiger partial charge in [-0.1, -0.05) is 68.2 Å². The number of allylic oxidation sites excluding steroid dienone is 6. The van der Waals surface area contributed by atoms with Crippen LogP contribution in [0.15, 0.2) is 46.6 Å². The number of carbonyl (C=O) groups excluding carboxylic acids is 2.